The number of hydrogen-bond acceptors (Lipinski definition) is 7. The quantitative estimate of drug-likeness (QED) is 0.322. The van der Waals surface area contributed by atoms with E-state index in [9.17, 15) is 14.9 Å². The van der Waals surface area contributed by atoms with Crippen LogP contribution < -0.4 is 5.32 Å². The van der Waals surface area contributed by atoms with Crippen molar-refractivity contribution in [2.24, 2.45) is 0 Å². The molecule has 3 aromatic rings. The zero-order chi connectivity index (χ0) is 23.6. The van der Waals surface area contributed by atoms with Gasteiger partial charge in [-0.2, -0.15) is 5.26 Å². The van der Waals surface area contributed by atoms with Crippen LogP contribution in [0.4, 0.5) is 5.00 Å². The van der Waals surface area contributed by atoms with E-state index >= 15 is 0 Å². The van der Waals surface area contributed by atoms with Gasteiger partial charge in [-0.3, -0.25) is 4.79 Å². The Morgan fingerprint density at radius 2 is 1.58 bits per heavy atom. The Hall–Kier alpha value is -3.89. The Morgan fingerprint density at radius 3 is 2.15 bits per heavy atom. The summed E-state index contributed by atoms with van der Waals surface area (Å²) in [6.07, 6.45) is 1.07. The average Bonchev–Trinajstić information content (AvgIpc) is 3.18. The van der Waals surface area contributed by atoms with Crippen molar-refractivity contribution in [2.75, 3.05) is 18.5 Å². The Kier molecular flexibility index (Phi) is 8.39. The zero-order valence-electron chi connectivity index (χ0n) is 18.5. The van der Waals surface area contributed by atoms with Crippen molar-refractivity contribution >= 4 is 28.3 Å². The van der Waals surface area contributed by atoms with Crippen molar-refractivity contribution in [2.45, 2.75) is 20.3 Å². The molecule has 0 spiro atoms. The highest BCUT2D eigenvalue weighted by molar-refractivity contribution is 7.20. The van der Waals surface area contributed by atoms with Gasteiger partial charge in [0.1, 0.15) is 11.1 Å². The molecular weight excluding hydrogens is 436 g/mol. The fourth-order valence-corrected chi connectivity index (χ4v) is 4.48. The van der Waals surface area contributed by atoms with Crippen LogP contribution in [-0.2, 0) is 19.1 Å². The number of carbonyl (C=O) groups is 2. The Balaban J connectivity index is 2.11. The second-order valence-corrected chi connectivity index (χ2v) is 7.90. The van der Waals surface area contributed by atoms with Gasteiger partial charge in [-0.25, -0.2) is 4.79 Å². The first-order valence-electron chi connectivity index (χ1n) is 10.5. The van der Waals surface area contributed by atoms with Crippen LogP contribution in [-0.4, -0.2) is 25.2 Å². The van der Waals surface area contributed by atoms with Crippen molar-refractivity contribution in [1.29, 1.82) is 5.26 Å². The van der Waals surface area contributed by atoms with Crippen molar-refractivity contribution < 1.29 is 19.1 Å². The molecule has 0 aliphatic carbocycles. The van der Waals surface area contributed by atoms with E-state index in [1.807, 2.05) is 60.7 Å². The van der Waals surface area contributed by atoms with E-state index in [1.165, 1.54) is 17.4 Å². The highest BCUT2D eigenvalue weighted by Gasteiger charge is 2.22. The first-order valence-corrected chi connectivity index (χ1v) is 11.4. The number of nitrogens with zero attached hydrogens (tertiary/aromatic N) is 1. The lowest BCUT2D eigenvalue weighted by atomic mass is 9.98. The standard InChI is InChI=1S/C26H24N2O4S/c1-3-31-22(29)15-20(16-23(30)32-4-2)28-26-21(17-27)24(18-11-7-5-8-12-18)25(33-26)19-13-9-6-10-14-19/h5-15,28H,3-4,16H2,1-2H3/b20-15-. The van der Waals surface area contributed by atoms with Crippen LogP contribution in [0.2, 0.25) is 0 Å². The maximum Gasteiger partial charge on any atom is 0.332 e. The van der Waals surface area contributed by atoms with Gasteiger partial charge in [0.05, 0.1) is 25.2 Å². The highest BCUT2D eigenvalue weighted by atomic mass is 32.1. The van der Waals surface area contributed by atoms with Crippen LogP contribution in [0, 0.1) is 11.3 Å². The molecule has 1 N–H and O–H groups in total. The van der Waals surface area contributed by atoms with Gasteiger partial charge in [0.2, 0.25) is 0 Å². The SMILES string of the molecule is CCOC(=O)/C=C(/CC(=O)OCC)Nc1sc(-c2ccccc2)c(-c2ccccc2)c1C#N. The predicted octanol–water partition coefficient (Wildman–Crippen LogP) is 5.77. The number of thiophene rings is 1. The van der Waals surface area contributed by atoms with Crippen LogP contribution in [0.3, 0.4) is 0 Å². The van der Waals surface area contributed by atoms with Crippen molar-refractivity contribution in [3.05, 3.63) is 78.0 Å². The van der Waals surface area contributed by atoms with Gasteiger partial charge in [-0.05, 0) is 25.0 Å². The van der Waals surface area contributed by atoms with Gasteiger partial charge in [-0.1, -0.05) is 60.7 Å². The maximum absolute atomic E-state index is 12.1. The van der Waals surface area contributed by atoms with E-state index < -0.39 is 11.9 Å². The third-order valence-electron chi connectivity index (χ3n) is 4.61. The van der Waals surface area contributed by atoms with Gasteiger partial charge in [-0.15, -0.1) is 11.3 Å². The molecule has 0 unspecified atom stereocenters. The minimum atomic E-state index is -0.578. The second kappa shape index (κ2) is 11.7. The Bertz CT molecular complexity index is 1180. The van der Waals surface area contributed by atoms with Crippen LogP contribution >= 0.6 is 11.3 Å². The molecule has 3 rings (SSSR count). The smallest absolute Gasteiger partial charge is 0.332 e. The second-order valence-electron chi connectivity index (χ2n) is 6.88. The molecule has 0 aliphatic heterocycles. The third-order valence-corrected chi connectivity index (χ3v) is 5.77. The fraction of sp³-hybridized carbons (Fsp3) is 0.192. The van der Waals surface area contributed by atoms with Gasteiger partial charge >= 0.3 is 11.9 Å². The van der Waals surface area contributed by atoms with E-state index in [4.69, 9.17) is 9.47 Å². The summed E-state index contributed by atoms with van der Waals surface area (Å²) in [5.74, 6) is -1.06. The zero-order valence-corrected chi connectivity index (χ0v) is 19.3. The summed E-state index contributed by atoms with van der Waals surface area (Å²) in [5.41, 5.74) is 3.39. The van der Waals surface area contributed by atoms with E-state index in [2.05, 4.69) is 11.4 Å². The monoisotopic (exact) mass is 460 g/mol. The molecule has 0 fully saturated rings. The highest BCUT2D eigenvalue weighted by Crippen LogP contribution is 2.46. The van der Waals surface area contributed by atoms with Crippen LogP contribution in [0.5, 0.6) is 0 Å². The molecule has 6 nitrogen and oxygen atoms in total. The van der Waals surface area contributed by atoms with E-state index in [0.717, 1.165) is 21.6 Å². The van der Waals surface area contributed by atoms with Crippen molar-refractivity contribution in [1.82, 2.24) is 0 Å². The number of anilines is 1. The molecule has 7 heteroatoms. The van der Waals surface area contributed by atoms with Gasteiger partial charge in [0.25, 0.3) is 0 Å². The number of carbonyl (C=O) groups excluding carboxylic acids is 2. The molecule has 0 atom stereocenters. The Morgan fingerprint density at radius 1 is 0.970 bits per heavy atom. The molecule has 2 aromatic carbocycles. The molecular formula is C26H24N2O4S. The van der Waals surface area contributed by atoms with Crippen LogP contribution in [0.1, 0.15) is 25.8 Å². The molecule has 0 bridgehead atoms. The van der Waals surface area contributed by atoms with Crippen LogP contribution in [0.25, 0.3) is 21.6 Å². The largest absolute Gasteiger partial charge is 0.466 e. The molecule has 0 radical (unpaired) electrons. The normalized spacial score (nSPS) is 10.9. The number of benzene rings is 2. The topological polar surface area (TPSA) is 88.4 Å². The molecule has 1 heterocycles. The Labute approximate surface area is 197 Å². The van der Waals surface area contributed by atoms with Gasteiger partial charge < -0.3 is 14.8 Å². The van der Waals surface area contributed by atoms with Crippen molar-refractivity contribution in [3.63, 3.8) is 0 Å². The minimum absolute atomic E-state index is 0.156. The maximum atomic E-state index is 12.1. The summed E-state index contributed by atoms with van der Waals surface area (Å²) < 4.78 is 10.0. The molecule has 0 aliphatic rings. The van der Waals surface area contributed by atoms with E-state index in [-0.39, 0.29) is 19.6 Å². The van der Waals surface area contributed by atoms with E-state index in [1.54, 1.807) is 13.8 Å². The molecule has 0 saturated carbocycles. The average molecular weight is 461 g/mol. The van der Waals surface area contributed by atoms with Crippen LogP contribution in [0.15, 0.2) is 72.4 Å². The summed E-state index contributed by atoms with van der Waals surface area (Å²) in [4.78, 5) is 25.1. The number of nitriles is 1. The number of hydrogen-bond donors (Lipinski definition) is 1. The fourth-order valence-electron chi connectivity index (χ4n) is 3.27. The predicted molar refractivity (Wildman–Crippen MR) is 129 cm³/mol. The van der Waals surface area contributed by atoms with Gasteiger partial charge in [0, 0.05) is 22.2 Å². The summed E-state index contributed by atoms with van der Waals surface area (Å²) >= 11 is 1.39. The van der Waals surface area contributed by atoms with Gasteiger partial charge in [0.15, 0.2) is 0 Å². The molecule has 0 amide bonds. The molecule has 33 heavy (non-hydrogen) atoms. The lowest BCUT2D eigenvalue weighted by Crippen LogP contribution is -2.12. The summed E-state index contributed by atoms with van der Waals surface area (Å²) in [5, 5.41) is 13.7. The summed E-state index contributed by atoms with van der Waals surface area (Å²) in [7, 11) is 0. The summed E-state index contributed by atoms with van der Waals surface area (Å²) in [6.45, 7) is 3.85. The molecule has 0 saturated heterocycles. The lowest BCUT2D eigenvalue weighted by Gasteiger charge is -2.10. The third kappa shape index (κ3) is 6.09. The number of esters is 2. The first-order chi connectivity index (χ1) is 16.1. The lowest BCUT2D eigenvalue weighted by molar-refractivity contribution is -0.142. The minimum Gasteiger partial charge on any atom is -0.466 e. The summed E-state index contributed by atoms with van der Waals surface area (Å²) in [6, 6.07) is 21.7. The molecule has 168 valence electrons. The molecule has 1 aromatic heterocycles. The first kappa shape index (κ1) is 23.8. The van der Waals surface area contributed by atoms with E-state index in [0.29, 0.717) is 16.3 Å². The number of nitrogens with one attached hydrogen (secondary N) is 1. The number of rotatable bonds is 9. The number of ether oxygens (including phenoxy) is 2. The van der Waals surface area contributed by atoms with Crippen molar-refractivity contribution in [3.8, 4) is 27.6 Å².